The topological polar surface area (TPSA) is 82.6 Å². The van der Waals surface area contributed by atoms with E-state index in [1.54, 1.807) is 37.4 Å². The molecule has 0 bridgehead atoms. The van der Waals surface area contributed by atoms with Crippen molar-refractivity contribution >= 4 is 28.9 Å². The quantitative estimate of drug-likeness (QED) is 0.554. The van der Waals surface area contributed by atoms with Crippen molar-refractivity contribution in [2.45, 2.75) is 11.2 Å². The lowest BCUT2D eigenvalue weighted by molar-refractivity contribution is 0.0129. The summed E-state index contributed by atoms with van der Waals surface area (Å²) in [4.78, 5) is 12.4. The Bertz CT molecular complexity index is 915. The number of rotatable bonds is 5. The molecule has 1 fully saturated rings. The average Bonchev–Trinajstić information content (AvgIpc) is 3.06. The number of halogens is 2. The van der Waals surface area contributed by atoms with Gasteiger partial charge in [-0.2, -0.15) is 0 Å². The van der Waals surface area contributed by atoms with Gasteiger partial charge in [0.1, 0.15) is 11.4 Å². The first-order chi connectivity index (χ1) is 13.8. The van der Waals surface area contributed by atoms with Crippen LogP contribution in [0.2, 0.25) is 0 Å². The maximum atomic E-state index is 15.7. The molecule has 1 heterocycles. The zero-order valence-electron chi connectivity index (χ0n) is 15.7. The Balaban J connectivity index is 1.95. The lowest BCUT2D eigenvalue weighted by atomic mass is 9.78. The van der Waals surface area contributed by atoms with Crippen LogP contribution >= 0.6 is 12.2 Å². The Morgan fingerprint density at radius 3 is 2.62 bits per heavy atom. The number of alkyl halides is 1. The monoisotopic (exact) mass is 421 g/mol. The number of anilines is 1. The number of aliphatic hydroxyl groups excluding tert-OH is 1. The van der Waals surface area contributed by atoms with Crippen molar-refractivity contribution in [1.29, 1.82) is 0 Å². The van der Waals surface area contributed by atoms with Gasteiger partial charge in [0.15, 0.2) is 10.8 Å². The minimum Gasteiger partial charge on any atom is -0.393 e. The van der Waals surface area contributed by atoms with E-state index >= 15 is 4.39 Å². The van der Waals surface area contributed by atoms with Gasteiger partial charge in [0, 0.05) is 23.9 Å². The number of thiocarbonyl (C=S) groups is 1. The normalized spacial score (nSPS) is 23.4. The van der Waals surface area contributed by atoms with Crippen LogP contribution in [0, 0.1) is 5.82 Å². The van der Waals surface area contributed by atoms with Crippen LogP contribution in [0.15, 0.2) is 48.5 Å². The molecule has 4 N–H and O–H groups in total. The highest BCUT2D eigenvalue weighted by Gasteiger charge is 2.60. The fourth-order valence-electron chi connectivity index (χ4n) is 3.33. The summed E-state index contributed by atoms with van der Waals surface area (Å²) in [6.07, 6.45) is 0. The Kier molecular flexibility index (Phi) is 6.11. The molecular weight excluding hydrogens is 400 g/mol. The maximum absolute atomic E-state index is 15.7. The van der Waals surface area contributed by atoms with Crippen LogP contribution in [0.4, 0.5) is 14.5 Å². The first-order valence-corrected chi connectivity index (χ1v) is 9.30. The number of benzene rings is 2. The number of ether oxygens (including phenoxy) is 1. The molecule has 9 heteroatoms. The molecule has 2 aromatic rings. The smallest absolute Gasteiger partial charge is 0.257 e. The molecule has 1 saturated heterocycles. The first-order valence-electron chi connectivity index (χ1n) is 8.89. The van der Waals surface area contributed by atoms with Crippen LogP contribution in [0.1, 0.15) is 15.9 Å². The van der Waals surface area contributed by atoms with E-state index in [-0.39, 0.29) is 17.3 Å². The second-order valence-electron chi connectivity index (χ2n) is 6.74. The van der Waals surface area contributed by atoms with E-state index < -0.39 is 36.1 Å². The van der Waals surface area contributed by atoms with E-state index in [4.69, 9.17) is 17.0 Å². The van der Waals surface area contributed by atoms with Gasteiger partial charge in [0.05, 0.1) is 19.8 Å². The molecule has 29 heavy (non-hydrogen) atoms. The number of hydrogen-bond acceptors (Lipinski definition) is 5. The number of carbonyl (C=O) groups excluding carboxylic acids is 1. The second kappa shape index (κ2) is 8.40. The van der Waals surface area contributed by atoms with Crippen molar-refractivity contribution in [2.75, 3.05) is 32.2 Å². The first kappa shape index (κ1) is 21.1. The molecule has 2 aromatic carbocycles. The highest BCUT2D eigenvalue weighted by molar-refractivity contribution is 7.80. The van der Waals surface area contributed by atoms with Crippen molar-refractivity contribution < 1.29 is 23.4 Å². The molecule has 1 aliphatic rings. The summed E-state index contributed by atoms with van der Waals surface area (Å²) in [5, 5.41) is 17.6. The number of aliphatic hydroxyl groups is 1. The summed E-state index contributed by atoms with van der Waals surface area (Å²) in [5.41, 5.74) is -3.39. The van der Waals surface area contributed by atoms with E-state index in [0.717, 1.165) is 0 Å². The predicted octanol–water partition coefficient (Wildman–Crippen LogP) is 2.10. The fraction of sp³-hybridized carbons (Fsp3) is 0.300. The van der Waals surface area contributed by atoms with Gasteiger partial charge in [-0.3, -0.25) is 10.1 Å². The third-order valence-electron chi connectivity index (χ3n) is 4.97. The predicted molar refractivity (Wildman–Crippen MR) is 109 cm³/mol. The number of hydrogen-bond donors (Lipinski definition) is 4. The number of amides is 1. The van der Waals surface area contributed by atoms with Gasteiger partial charge in [-0.15, -0.1) is 0 Å². The van der Waals surface area contributed by atoms with Gasteiger partial charge >= 0.3 is 0 Å². The summed E-state index contributed by atoms with van der Waals surface area (Å²) in [6, 6.07) is 12.4. The third kappa shape index (κ3) is 3.93. The van der Waals surface area contributed by atoms with Crippen LogP contribution in [0.25, 0.3) is 0 Å². The van der Waals surface area contributed by atoms with Crippen LogP contribution in [0.3, 0.4) is 0 Å². The molecule has 0 radical (unpaired) electrons. The van der Waals surface area contributed by atoms with Crippen molar-refractivity contribution in [2.24, 2.45) is 0 Å². The van der Waals surface area contributed by atoms with Crippen molar-refractivity contribution in [1.82, 2.24) is 10.6 Å². The van der Waals surface area contributed by atoms with Crippen molar-refractivity contribution in [3.8, 4) is 0 Å². The zero-order valence-corrected chi connectivity index (χ0v) is 16.5. The highest BCUT2D eigenvalue weighted by Crippen LogP contribution is 2.43. The Labute approximate surface area is 172 Å². The summed E-state index contributed by atoms with van der Waals surface area (Å²) >= 11 is 5.21. The Morgan fingerprint density at radius 2 is 1.97 bits per heavy atom. The largest absolute Gasteiger partial charge is 0.393 e. The van der Waals surface area contributed by atoms with Gasteiger partial charge in [-0.05, 0) is 42.5 Å². The maximum Gasteiger partial charge on any atom is 0.257 e. The summed E-state index contributed by atoms with van der Waals surface area (Å²) in [6.45, 7) is -1.69. The minimum atomic E-state index is -2.37. The molecule has 1 aliphatic heterocycles. The summed E-state index contributed by atoms with van der Waals surface area (Å²) in [5.74, 6) is -1.20. The van der Waals surface area contributed by atoms with Gasteiger partial charge in [0.25, 0.3) is 5.91 Å². The van der Waals surface area contributed by atoms with Crippen molar-refractivity contribution in [3.63, 3.8) is 0 Å². The van der Waals surface area contributed by atoms with Gasteiger partial charge in [0.2, 0.25) is 0 Å². The summed E-state index contributed by atoms with van der Waals surface area (Å²) < 4.78 is 35.7. The minimum absolute atomic E-state index is 0.0743. The van der Waals surface area contributed by atoms with E-state index in [9.17, 15) is 14.3 Å². The SMILES string of the molecule is CNc1ccc(F)c(C2(NC(=S)NC(=O)c3ccccc3)COCC2(F)CO)c1. The highest BCUT2D eigenvalue weighted by atomic mass is 32.1. The average molecular weight is 421 g/mol. The van der Waals surface area contributed by atoms with Crippen LogP contribution in [-0.2, 0) is 10.3 Å². The van der Waals surface area contributed by atoms with Crippen LogP contribution in [-0.4, -0.2) is 48.7 Å². The summed E-state index contributed by atoms with van der Waals surface area (Å²) in [7, 11) is 1.64. The van der Waals surface area contributed by atoms with E-state index in [0.29, 0.717) is 11.3 Å². The lowest BCUT2D eigenvalue weighted by Crippen LogP contribution is -2.63. The molecule has 1 amide bonds. The van der Waals surface area contributed by atoms with E-state index in [2.05, 4.69) is 16.0 Å². The van der Waals surface area contributed by atoms with Crippen LogP contribution < -0.4 is 16.0 Å². The molecule has 6 nitrogen and oxygen atoms in total. The molecule has 3 rings (SSSR count). The molecule has 0 spiro atoms. The van der Waals surface area contributed by atoms with Crippen molar-refractivity contribution in [3.05, 3.63) is 65.5 Å². The zero-order chi connectivity index (χ0) is 21.1. The van der Waals surface area contributed by atoms with E-state index in [1.807, 2.05) is 0 Å². The molecule has 0 aliphatic carbocycles. The second-order valence-corrected chi connectivity index (χ2v) is 7.15. The number of carbonyl (C=O) groups is 1. The molecule has 154 valence electrons. The van der Waals surface area contributed by atoms with Gasteiger partial charge in [-0.25, -0.2) is 8.78 Å². The Hall–Kier alpha value is -2.62. The van der Waals surface area contributed by atoms with Gasteiger partial charge in [-0.1, -0.05) is 18.2 Å². The number of nitrogens with one attached hydrogen (secondary N) is 3. The fourth-order valence-corrected chi connectivity index (χ4v) is 3.60. The third-order valence-corrected chi connectivity index (χ3v) is 5.17. The van der Waals surface area contributed by atoms with Gasteiger partial charge < -0.3 is 20.5 Å². The lowest BCUT2D eigenvalue weighted by Gasteiger charge is -2.39. The molecule has 2 atom stereocenters. The molecule has 0 saturated carbocycles. The van der Waals surface area contributed by atoms with E-state index in [1.165, 1.54) is 18.2 Å². The molecule has 2 unspecified atom stereocenters. The standard InChI is InChI=1S/C20H21F2N3O3S/c1-23-14-7-8-16(21)15(9-14)20(12-28-11-19(20,22)10-26)25-18(29)24-17(27)13-5-3-2-4-6-13/h2-9,23,26H,10-12H2,1H3,(H2,24,25,27,29). The molecular formula is C20H21F2N3O3S. The Morgan fingerprint density at radius 1 is 1.24 bits per heavy atom. The van der Waals surface area contributed by atoms with Crippen LogP contribution in [0.5, 0.6) is 0 Å². The molecule has 0 aromatic heterocycles.